The van der Waals surface area contributed by atoms with Gasteiger partial charge in [0.25, 0.3) is 0 Å². The van der Waals surface area contributed by atoms with Crippen LogP contribution in [0, 0.1) is 6.07 Å². The Bertz CT molecular complexity index is 538. The molecule has 0 spiro atoms. The maximum atomic E-state index is 6.17. The lowest BCUT2D eigenvalue weighted by atomic mass is 10.1. The summed E-state index contributed by atoms with van der Waals surface area (Å²) in [5.74, 6) is 0.601. The van der Waals surface area contributed by atoms with Gasteiger partial charge in [-0.2, -0.15) is 0 Å². The molecule has 0 N–H and O–H groups in total. The van der Waals surface area contributed by atoms with Crippen LogP contribution < -0.4 is 4.74 Å². The molecule has 0 aliphatic heterocycles. The van der Waals surface area contributed by atoms with Crippen LogP contribution in [0.15, 0.2) is 36.4 Å². The molecule has 0 unspecified atom stereocenters. The molecule has 0 atom stereocenters. The van der Waals surface area contributed by atoms with Gasteiger partial charge >= 0.3 is 0 Å². The summed E-state index contributed by atoms with van der Waals surface area (Å²) >= 11 is 12.1. The zero-order valence-electron chi connectivity index (χ0n) is 10.0. The Morgan fingerprint density at radius 2 is 2.00 bits per heavy atom. The maximum Gasteiger partial charge on any atom is 0.145 e. The Hall–Kier alpha value is -1.18. The third kappa shape index (κ3) is 3.18. The van der Waals surface area contributed by atoms with Gasteiger partial charge in [-0.3, -0.25) is 0 Å². The Labute approximate surface area is 117 Å². The predicted octanol–water partition coefficient (Wildman–Crippen LogP) is 5.25. The highest BCUT2D eigenvalue weighted by atomic mass is 35.5. The van der Waals surface area contributed by atoms with Gasteiger partial charge in [-0.1, -0.05) is 42.3 Å². The molecule has 0 saturated carbocycles. The molecule has 2 aromatic rings. The van der Waals surface area contributed by atoms with Crippen molar-refractivity contribution in [2.24, 2.45) is 0 Å². The normalized spacial score (nSPS) is 10.4. The predicted molar refractivity (Wildman–Crippen MR) is 76.5 cm³/mol. The largest absolute Gasteiger partial charge is 0.491 e. The Balaban J connectivity index is 2.28. The van der Waals surface area contributed by atoms with Crippen LogP contribution in [0.4, 0.5) is 0 Å². The average molecular weight is 280 g/mol. The van der Waals surface area contributed by atoms with E-state index in [0.29, 0.717) is 22.4 Å². The van der Waals surface area contributed by atoms with E-state index in [1.54, 1.807) is 0 Å². The number of ether oxygens (including phenoxy) is 1. The molecule has 1 nitrogen and oxygen atoms in total. The highest BCUT2D eigenvalue weighted by Gasteiger charge is 2.05. The van der Waals surface area contributed by atoms with Crippen molar-refractivity contribution in [2.75, 3.05) is 6.61 Å². The number of hydrogen-bond donors (Lipinski definition) is 0. The standard InChI is InChI=1S/C15H13Cl2O/c1-2-8-18-15-7-6-12(10-14(15)17)11-4-3-5-13(16)9-11/h3-6,9-10H,2,8H2,1H3. The van der Waals surface area contributed by atoms with Gasteiger partial charge in [-0.05, 0) is 41.8 Å². The molecule has 2 rings (SSSR count). The van der Waals surface area contributed by atoms with E-state index in [9.17, 15) is 0 Å². The van der Waals surface area contributed by atoms with Gasteiger partial charge in [0.2, 0.25) is 0 Å². The first-order valence-corrected chi connectivity index (χ1v) is 6.56. The van der Waals surface area contributed by atoms with Crippen LogP contribution in [0.25, 0.3) is 11.1 Å². The first kappa shape index (κ1) is 13.3. The van der Waals surface area contributed by atoms with Crippen molar-refractivity contribution in [2.45, 2.75) is 13.3 Å². The first-order valence-electron chi connectivity index (χ1n) is 5.80. The lowest BCUT2D eigenvalue weighted by Gasteiger charge is -2.08. The van der Waals surface area contributed by atoms with Crippen molar-refractivity contribution in [3.63, 3.8) is 0 Å². The zero-order valence-corrected chi connectivity index (χ0v) is 11.6. The molecular weight excluding hydrogens is 267 g/mol. The summed E-state index contributed by atoms with van der Waals surface area (Å²) in [7, 11) is 0. The van der Waals surface area contributed by atoms with E-state index in [2.05, 4.69) is 6.07 Å². The number of halogens is 2. The molecule has 0 heterocycles. The zero-order chi connectivity index (χ0) is 13.0. The van der Waals surface area contributed by atoms with Crippen molar-refractivity contribution in [3.8, 4) is 16.9 Å². The summed E-state index contributed by atoms with van der Waals surface area (Å²) in [6.45, 7) is 2.70. The minimum absolute atomic E-state index is 0.570. The summed E-state index contributed by atoms with van der Waals surface area (Å²) in [5, 5.41) is 1.27. The molecule has 0 aliphatic rings. The summed E-state index contributed by atoms with van der Waals surface area (Å²) in [6.07, 6.45) is 0.945. The van der Waals surface area contributed by atoms with Crippen molar-refractivity contribution in [1.29, 1.82) is 0 Å². The van der Waals surface area contributed by atoms with Crippen molar-refractivity contribution in [1.82, 2.24) is 0 Å². The topological polar surface area (TPSA) is 9.23 Å². The Morgan fingerprint density at radius 1 is 1.17 bits per heavy atom. The van der Waals surface area contributed by atoms with Gasteiger partial charge in [0, 0.05) is 11.1 Å². The van der Waals surface area contributed by atoms with Crippen molar-refractivity contribution in [3.05, 3.63) is 52.5 Å². The average Bonchev–Trinajstić information content (AvgIpc) is 2.37. The Morgan fingerprint density at radius 3 is 2.67 bits per heavy atom. The highest BCUT2D eigenvalue weighted by Crippen LogP contribution is 2.30. The third-order valence-electron chi connectivity index (χ3n) is 2.47. The second kappa shape index (κ2) is 6.12. The number of rotatable bonds is 4. The van der Waals surface area contributed by atoms with Gasteiger partial charge in [-0.15, -0.1) is 0 Å². The van der Waals surface area contributed by atoms with Crippen LogP contribution in [0.3, 0.4) is 0 Å². The SMILES string of the molecule is CCCOc1[c]cc(-c2cccc(Cl)c2)cc1Cl. The summed E-state index contributed by atoms with van der Waals surface area (Å²) in [6, 6.07) is 14.4. The van der Waals surface area contributed by atoms with Crippen LogP contribution in [0.1, 0.15) is 13.3 Å². The molecule has 3 heteroatoms. The monoisotopic (exact) mass is 279 g/mol. The van der Waals surface area contributed by atoms with Gasteiger partial charge in [0.1, 0.15) is 5.75 Å². The van der Waals surface area contributed by atoms with Crippen LogP contribution in [0.5, 0.6) is 5.75 Å². The second-order valence-corrected chi connectivity index (χ2v) is 4.77. The van der Waals surface area contributed by atoms with Crippen molar-refractivity contribution < 1.29 is 4.74 Å². The van der Waals surface area contributed by atoms with Gasteiger partial charge < -0.3 is 4.74 Å². The minimum Gasteiger partial charge on any atom is -0.491 e. The molecular formula is C15H13Cl2O. The van der Waals surface area contributed by atoms with E-state index in [-0.39, 0.29) is 0 Å². The lowest BCUT2D eigenvalue weighted by Crippen LogP contribution is -1.95. The molecule has 0 bridgehead atoms. The molecule has 0 amide bonds. The van der Waals surface area contributed by atoms with E-state index >= 15 is 0 Å². The summed E-state index contributed by atoms with van der Waals surface area (Å²) in [4.78, 5) is 0. The van der Waals surface area contributed by atoms with Crippen LogP contribution >= 0.6 is 23.2 Å². The van der Waals surface area contributed by atoms with E-state index in [0.717, 1.165) is 17.5 Å². The fourth-order valence-electron chi connectivity index (χ4n) is 1.61. The Kier molecular flexibility index (Phi) is 4.51. The van der Waals surface area contributed by atoms with E-state index in [1.807, 2.05) is 43.3 Å². The van der Waals surface area contributed by atoms with Crippen LogP contribution in [0.2, 0.25) is 10.0 Å². The first-order chi connectivity index (χ1) is 8.70. The summed E-state index contributed by atoms with van der Waals surface area (Å²) in [5.41, 5.74) is 1.99. The van der Waals surface area contributed by atoms with Gasteiger partial charge in [-0.25, -0.2) is 0 Å². The molecule has 0 saturated heterocycles. The van der Waals surface area contributed by atoms with Crippen molar-refractivity contribution >= 4 is 23.2 Å². The summed E-state index contributed by atoms with van der Waals surface area (Å²) < 4.78 is 5.49. The smallest absolute Gasteiger partial charge is 0.145 e. The lowest BCUT2D eigenvalue weighted by molar-refractivity contribution is 0.317. The molecule has 0 fully saturated rings. The number of benzene rings is 2. The van der Waals surface area contributed by atoms with E-state index < -0.39 is 0 Å². The van der Waals surface area contributed by atoms with Gasteiger partial charge in [0.05, 0.1) is 11.6 Å². The fraction of sp³-hybridized carbons (Fsp3) is 0.200. The van der Waals surface area contributed by atoms with E-state index in [4.69, 9.17) is 27.9 Å². The van der Waals surface area contributed by atoms with Crippen LogP contribution in [-0.2, 0) is 0 Å². The van der Waals surface area contributed by atoms with Crippen LogP contribution in [-0.4, -0.2) is 6.61 Å². The highest BCUT2D eigenvalue weighted by molar-refractivity contribution is 6.32. The molecule has 18 heavy (non-hydrogen) atoms. The third-order valence-corrected chi connectivity index (χ3v) is 2.98. The second-order valence-electron chi connectivity index (χ2n) is 3.92. The molecule has 0 aliphatic carbocycles. The quantitative estimate of drug-likeness (QED) is 0.743. The fourth-order valence-corrected chi connectivity index (χ4v) is 2.02. The maximum absolute atomic E-state index is 6.17. The molecule has 0 aromatic heterocycles. The minimum atomic E-state index is 0.570. The molecule has 2 aromatic carbocycles. The van der Waals surface area contributed by atoms with E-state index in [1.165, 1.54) is 0 Å². The van der Waals surface area contributed by atoms with Gasteiger partial charge in [0.15, 0.2) is 0 Å². The number of hydrogen-bond acceptors (Lipinski definition) is 1. The molecule has 1 radical (unpaired) electrons. The molecule has 93 valence electrons.